The fourth-order valence-corrected chi connectivity index (χ4v) is 3.07. The zero-order valence-electron chi connectivity index (χ0n) is 10.9. The summed E-state index contributed by atoms with van der Waals surface area (Å²) in [5.41, 5.74) is 1.55. The molecule has 0 fully saturated rings. The van der Waals surface area contributed by atoms with Crippen LogP contribution in [0, 0.1) is 13.8 Å². The summed E-state index contributed by atoms with van der Waals surface area (Å²) in [4.78, 5) is 24.2. The molecule has 0 atom stereocenters. The molecule has 2 aromatic rings. The number of hydrogen-bond donors (Lipinski definition) is 2. The van der Waals surface area contributed by atoms with Crippen molar-refractivity contribution in [2.24, 2.45) is 0 Å². The maximum absolute atomic E-state index is 12.2. The van der Waals surface area contributed by atoms with Gasteiger partial charge in [-0.25, -0.2) is 4.79 Å². The third kappa shape index (κ3) is 3.08. The van der Waals surface area contributed by atoms with E-state index in [9.17, 15) is 9.59 Å². The van der Waals surface area contributed by atoms with Gasteiger partial charge in [-0.15, -0.1) is 11.3 Å². The molecule has 0 unspecified atom stereocenters. The summed E-state index contributed by atoms with van der Waals surface area (Å²) >= 11 is 4.57. The maximum atomic E-state index is 12.2. The van der Waals surface area contributed by atoms with Gasteiger partial charge in [0.05, 0.1) is 11.1 Å². The average Bonchev–Trinajstić information content (AvgIpc) is 2.73. The summed E-state index contributed by atoms with van der Waals surface area (Å²) in [5, 5.41) is 12.1. The molecule has 4 nitrogen and oxygen atoms in total. The molecule has 0 aliphatic rings. The molecule has 0 bridgehead atoms. The number of aryl methyl sites for hydroxylation is 2. The molecular weight excluding hydrogens is 342 g/mol. The van der Waals surface area contributed by atoms with Crippen molar-refractivity contribution >= 4 is 44.1 Å². The minimum atomic E-state index is -1.05. The first-order valence-electron chi connectivity index (χ1n) is 5.79. The Morgan fingerprint density at radius 1 is 1.20 bits per heavy atom. The molecule has 1 aromatic carbocycles. The summed E-state index contributed by atoms with van der Waals surface area (Å²) in [5.74, 6) is -1.38. The van der Waals surface area contributed by atoms with Crippen molar-refractivity contribution < 1.29 is 14.7 Å². The van der Waals surface area contributed by atoms with Crippen LogP contribution in [0.25, 0.3) is 0 Å². The van der Waals surface area contributed by atoms with Crippen molar-refractivity contribution in [2.75, 3.05) is 5.32 Å². The van der Waals surface area contributed by atoms with Gasteiger partial charge in [-0.1, -0.05) is 11.6 Å². The Hall–Kier alpha value is -1.66. The Kier molecular flexibility index (Phi) is 4.25. The quantitative estimate of drug-likeness (QED) is 0.873. The lowest BCUT2D eigenvalue weighted by Crippen LogP contribution is -2.14. The van der Waals surface area contributed by atoms with E-state index < -0.39 is 5.97 Å². The minimum Gasteiger partial charge on any atom is -0.478 e. The number of anilines is 1. The molecule has 1 aromatic heterocycles. The van der Waals surface area contributed by atoms with Gasteiger partial charge in [-0.05, 0) is 48.0 Å². The molecule has 0 spiro atoms. The van der Waals surface area contributed by atoms with Crippen LogP contribution in [0.15, 0.2) is 28.7 Å². The molecule has 2 N–H and O–H groups in total. The number of thiophene rings is 1. The molecule has 0 saturated heterocycles. The summed E-state index contributed by atoms with van der Waals surface area (Å²) in [6, 6.07) is 6.98. The molecular formula is C14H12BrNO3S. The molecule has 0 saturated carbocycles. The van der Waals surface area contributed by atoms with Crippen molar-refractivity contribution in [3.8, 4) is 0 Å². The molecule has 20 heavy (non-hydrogen) atoms. The van der Waals surface area contributed by atoms with Gasteiger partial charge in [0.1, 0.15) is 5.00 Å². The first-order chi connectivity index (χ1) is 9.38. The number of hydrogen-bond acceptors (Lipinski definition) is 3. The van der Waals surface area contributed by atoms with Crippen LogP contribution >= 0.6 is 27.3 Å². The SMILES string of the molecule is Cc1ccc(Br)c(C(=O)Nc2sc(C)cc2C(=O)O)c1. The molecule has 1 heterocycles. The number of nitrogens with one attached hydrogen (secondary N) is 1. The van der Waals surface area contributed by atoms with Crippen molar-refractivity contribution in [2.45, 2.75) is 13.8 Å². The monoisotopic (exact) mass is 353 g/mol. The molecule has 2 rings (SSSR count). The van der Waals surface area contributed by atoms with E-state index in [2.05, 4.69) is 21.2 Å². The summed E-state index contributed by atoms with van der Waals surface area (Å²) < 4.78 is 0.672. The highest BCUT2D eigenvalue weighted by molar-refractivity contribution is 9.10. The first-order valence-corrected chi connectivity index (χ1v) is 7.40. The van der Waals surface area contributed by atoms with E-state index in [1.54, 1.807) is 25.1 Å². The van der Waals surface area contributed by atoms with E-state index in [4.69, 9.17) is 5.11 Å². The molecule has 0 aliphatic carbocycles. The smallest absolute Gasteiger partial charge is 0.338 e. The van der Waals surface area contributed by atoms with Gasteiger partial charge >= 0.3 is 5.97 Å². The second kappa shape index (κ2) is 5.76. The van der Waals surface area contributed by atoms with Gasteiger partial charge < -0.3 is 10.4 Å². The number of rotatable bonds is 3. The number of carboxylic acid groups (broad SMARTS) is 1. The van der Waals surface area contributed by atoms with Crippen LogP contribution < -0.4 is 5.32 Å². The molecule has 1 amide bonds. The molecule has 6 heteroatoms. The van der Waals surface area contributed by atoms with Crippen LogP contribution in [0.1, 0.15) is 31.2 Å². The second-order valence-corrected chi connectivity index (χ2v) is 6.45. The number of benzene rings is 1. The Balaban J connectivity index is 2.32. The van der Waals surface area contributed by atoms with Crippen LogP contribution in [0.4, 0.5) is 5.00 Å². The van der Waals surface area contributed by atoms with Gasteiger partial charge in [0.15, 0.2) is 0 Å². The van der Waals surface area contributed by atoms with Crippen LogP contribution in [0.3, 0.4) is 0 Å². The summed E-state index contributed by atoms with van der Waals surface area (Å²) in [6.45, 7) is 3.69. The fraction of sp³-hybridized carbons (Fsp3) is 0.143. The van der Waals surface area contributed by atoms with E-state index in [1.165, 1.54) is 11.3 Å². The predicted molar refractivity (Wildman–Crippen MR) is 82.8 cm³/mol. The van der Waals surface area contributed by atoms with E-state index >= 15 is 0 Å². The van der Waals surface area contributed by atoms with Crippen LogP contribution in [0.5, 0.6) is 0 Å². The Morgan fingerprint density at radius 2 is 1.90 bits per heavy atom. The molecule has 0 aliphatic heterocycles. The average molecular weight is 354 g/mol. The van der Waals surface area contributed by atoms with Crippen LogP contribution in [-0.4, -0.2) is 17.0 Å². The Labute approximate surface area is 128 Å². The van der Waals surface area contributed by atoms with Gasteiger partial charge in [0, 0.05) is 9.35 Å². The largest absolute Gasteiger partial charge is 0.478 e. The highest BCUT2D eigenvalue weighted by Gasteiger charge is 2.18. The van der Waals surface area contributed by atoms with Gasteiger partial charge in [0.2, 0.25) is 0 Å². The minimum absolute atomic E-state index is 0.115. The number of carbonyl (C=O) groups is 2. The fourth-order valence-electron chi connectivity index (χ4n) is 1.75. The highest BCUT2D eigenvalue weighted by Crippen LogP contribution is 2.29. The van der Waals surface area contributed by atoms with Crippen molar-refractivity contribution in [1.82, 2.24) is 0 Å². The van der Waals surface area contributed by atoms with Gasteiger partial charge in [0.25, 0.3) is 5.91 Å². The molecule has 0 radical (unpaired) electrons. The maximum Gasteiger partial charge on any atom is 0.338 e. The lowest BCUT2D eigenvalue weighted by Gasteiger charge is -2.07. The number of carboxylic acids is 1. The third-order valence-corrected chi connectivity index (χ3v) is 4.34. The van der Waals surface area contributed by atoms with Crippen molar-refractivity contribution in [1.29, 1.82) is 0 Å². The zero-order chi connectivity index (χ0) is 14.9. The first kappa shape index (κ1) is 14.7. The predicted octanol–water partition coefficient (Wildman–Crippen LogP) is 4.08. The normalized spacial score (nSPS) is 10.3. The highest BCUT2D eigenvalue weighted by atomic mass is 79.9. The van der Waals surface area contributed by atoms with Crippen molar-refractivity contribution in [3.63, 3.8) is 0 Å². The number of carbonyl (C=O) groups excluding carboxylic acids is 1. The lowest BCUT2D eigenvalue weighted by molar-refractivity contribution is 0.0698. The number of amides is 1. The second-order valence-electron chi connectivity index (χ2n) is 4.34. The van der Waals surface area contributed by atoms with E-state index in [0.717, 1.165) is 10.4 Å². The van der Waals surface area contributed by atoms with Crippen LogP contribution in [0.2, 0.25) is 0 Å². The van der Waals surface area contributed by atoms with Crippen molar-refractivity contribution in [3.05, 3.63) is 50.3 Å². The van der Waals surface area contributed by atoms with E-state index in [0.29, 0.717) is 15.0 Å². The zero-order valence-corrected chi connectivity index (χ0v) is 13.3. The Morgan fingerprint density at radius 3 is 2.55 bits per heavy atom. The van der Waals surface area contributed by atoms with E-state index in [1.807, 2.05) is 13.0 Å². The van der Waals surface area contributed by atoms with Crippen LogP contribution in [-0.2, 0) is 0 Å². The summed E-state index contributed by atoms with van der Waals surface area (Å²) in [7, 11) is 0. The topological polar surface area (TPSA) is 66.4 Å². The van der Waals surface area contributed by atoms with Gasteiger partial charge in [-0.3, -0.25) is 4.79 Å². The lowest BCUT2D eigenvalue weighted by atomic mass is 10.1. The molecule has 104 valence electrons. The Bertz CT molecular complexity index is 694. The number of aromatic carboxylic acids is 1. The standard InChI is InChI=1S/C14H12BrNO3S/c1-7-3-4-11(15)9(5-7)12(17)16-13-10(14(18)19)6-8(2)20-13/h3-6H,1-2H3,(H,16,17)(H,18,19). The summed E-state index contributed by atoms with van der Waals surface area (Å²) in [6.07, 6.45) is 0. The van der Waals surface area contributed by atoms with Gasteiger partial charge in [-0.2, -0.15) is 0 Å². The number of halogens is 1. The third-order valence-electron chi connectivity index (χ3n) is 2.68. The van der Waals surface area contributed by atoms with E-state index in [-0.39, 0.29) is 11.5 Å².